The van der Waals surface area contributed by atoms with Gasteiger partial charge in [0, 0.05) is 39.1 Å². The Bertz CT molecular complexity index is 755. The maximum Gasteiger partial charge on any atom is 0.329 e. The van der Waals surface area contributed by atoms with E-state index in [0.717, 1.165) is 6.26 Å². The molecule has 0 spiro atoms. The highest BCUT2D eigenvalue weighted by Gasteiger charge is 2.56. The second-order valence-electron chi connectivity index (χ2n) is 8.44. The molecule has 0 aromatic carbocycles. The molecule has 11 heteroatoms. The Morgan fingerprint density at radius 2 is 1.64 bits per heavy atom. The molecule has 0 unspecified atom stereocenters. The highest BCUT2D eigenvalue weighted by atomic mass is 32.2. The molecule has 0 saturated carbocycles. The van der Waals surface area contributed by atoms with Crippen LogP contribution < -0.4 is 0 Å². The largest absolute Gasteiger partial charge is 0.459 e. The van der Waals surface area contributed by atoms with Crippen LogP contribution in [0.15, 0.2) is 0 Å². The molecule has 0 bridgehead atoms. The molecular formula is C17H31NO8S2. The standard InChI is InChI=1S/C17H31NO8S2/c1-16(2,3)26-15(19)17(7-11-24-12-8-17)28(22,23)18-9-5-14(6-10-18)13-25-27(4,20)21/h14H,5-13H2,1-4H3. The molecule has 2 fully saturated rings. The normalized spacial score (nSPS) is 22.7. The number of rotatable bonds is 6. The smallest absolute Gasteiger partial charge is 0.329 e. The molecule has 0 aromatic heterocycles. The van der Waals surface area contributed by atoms with Crippen molar-refractivity contribution in [1.29, 1.82) is 0 Å². The Hall–Kier alpha value is -0.750. The van der Waals surface area contributed by atoms with Gasteiger partial charge in [-0.25, -0.2) is 12.7 Å². The molecule has 164 valence electrons. The van der Waals surface area contributed by atoms with E-state index in [4.69, 9.17) is 13.7 Å². The van der Waals surface area contributed by atoms with E-state index in [-0.39, 0.29) is 51.7 Å². The second kappa shape index (κ2) is 8.55. The Kier molecular flexibility index (Phi) is 7.18. The summed E-state index contributed by atoms with van der Waals surface area (Å²) in [5.41, 5.74) is -0.798. The molecule has 0 amide bonds. The summed E-state index contributed by atoms with van der Waals surface area (Å²) in [6.07, 6.45) is 2.04. The van der Waals surface area contributed by atoms with Crippen LogP contribution in [-0.2, 0) is 38.6 Å². The molecule has 28 heavy (non-hydrogen) atoms. The van der Waals surface area contributed by atoms with E-state index < -0.39 is 36.5 Å². The van der Waals surface area contributed by atoms with Crippen molar-refractivity contribution in [2.24, 2.45) is 5.92 Å². The Balaban J connectivity index is 2.14. The summed E-state index contributed by atoms with van der Waals surface area (Å²) in [6, 6.07) is 0. The topological polar surface area (TPSA) is 116 Å². The number of nitrogens with zero attached hydrogens (tertiary/aromatic N) is 1. The van der Waals surface area contributed by atoms with Crippen LogP contribution in [0.4, 0.5) is 0 Å². The van der Waals surface area contributed by atoms with Crippen LogP contribution in [0.2, 0.25) is 0 Å². The van der Waals surface area contributed by atoms with Gasteiger partial charge < -0.3 is 9.47 Å². The van der Waals surface area contributed by atoms with Crippen LogP contribution >= 0.6 is 0 Å². The highest BCUT2D eigenvalue weighted by Crippen LogP contribution is 2.36. The number of hydrogen-bond donors (Lipinski definition) is 0. The monoisotopic (exact) mass is 441 g/mol. The summed E-state index contributed by atoms with van der Waals surface area (Å²) in [5, 5.41) is 0. The molecule has 0 aliphatic carbocycles. The maximum atomic E-state index is 13.5. The molecule has 2 aliphatic heterocycles. The number of esters is 1. The summed E-state index contributed by atoms with van der Waals surface area (Å²) in [7, 11) is -7.49. The fraction of sp³-hybridized carbons (Fsp3) is 0.941. The first-order chi connectivity index (χ1) is 12.8. The summed E-state index contributed by atoms with van der Waals surface area (Å²) in [4.78, 5) is 12.9. The van der Waals surface area contributed by atoms with Gasteiger partial charge >= 0.3 is 5.97 Å². The number of ether oxygens (including phenoxy) is 2. The van der Waals surface area contributed by atoms with Crippen molar-refractivity contribution in [2.75, 3.05) is 39.2 Å². The molecule has 2 saturated heterocycles. The van der Waals surface area contributed by atoms with Gasteiger partial charge in [0.05, 0.1) is 12.9 Å². The minimum Gasteiger partial charge on any atom is -0.459 e. The van der Waals surface area contributed by atoms with Crippen LogP contribution in [0, 0.1) is 5.92 Å². The van der Waals surface area contributed by atoms with E-state index in [1.165, 1.54) is 4.31 Å². The molecule has 2 heterocycles. The fourth-order valence-corrected chi connectivity index (χ4v) is 5.98. The van der Waals surface area contributed by atoms with E-state index in [2.05, 4.69) is 0 Å². The lowest BCUT2D eigenvalue weighted by atomic mass is 9.98. The SMILES string of the molecule is CC(C)(C)OC(=O)C1(S(=O)(=O)N2CCC(COS(C)(=O)=O)CC2)CCOCC1. The van der Waals surface area contributed by atoms with Gasteiger partial charge in [-0.2, -0.15) is 8.42 Å². The predicted molar refractivity (Wildman–Crippen MR) is 103 cm³/mol. The molecule has 0 aromatic rings. The summed E-state index contributed by atoms with van der Waals surface area (Å²) in [5.74, 6) is -0.779. The van der Waals surface area contributed by atoms with E-state index in [1.807, 2.05) is 0 Å². The van der Waals surface area contributed by atoms with E-state index in [9.17, 15) is 21.6 Å². The van der Waals surface area contributed by atoms with Crippen molar-refractivity contribution in [3.63, 3.8) is 0 Å². The second-order valence-corrected chi connectivity index (χ2v) is 12.3. The van der Waals surface area contributed by atoms with Gasteiger partial charge in [-0.05, 0) is 39.5 Å². The zero-order valence-electron chi connectivity index (χ0n) is 17.0. The lowest BCUT2D eigenvalue weighted by Crippen LogP contribution is -2.59. The highest BCUT2D eigenvalue weighted by molar-refractivity contribution is 7.91. The van der Waals surface area contributed by atoms with Crippen molar-refractivity contribution in [3.05, 3.63) is 0 Å². The lowest BCUT2D eigenvalue weighted by Gasteiger charge is -2.41. The number of carbonyl (C=O) groups excluding carboxylic acids is 1. The molecule has 2 rings (SSSR count). The minimum absolute atomic E-state index is 0.0395. The van der Waals surface area contributed by atoms with Crippen molar-refractivity contribution in [2.45, 2.75) is 56.8 Å². The number of piperidine rings is 1. The molecule has 2 aliphatic rings. The zero-order chi connectivity index (χ0) is 21.2. The molecule has 0 radical (unpaired) electrons. The van der Waals surface area contributed by atoms with E-state index in [1.54, 1.807) is 20.8 Å². The third-order valence-corrected chi connectivity index (χ3v) is 8.17. The van der Waals surface area contributed by atoms with E-state index >= 15 is 0 Å². The fourth-order valence-electron chi connectivity index (χ4n) is 3.42. The minimum atomic E-state index is -3.97. The van der Waals surface area contributed by atoms with Crippen LogP contribution in [0.5, 0.6) is 0 Å². The average molecular weight is 442 g/mol. The van der Waals surface area contributed by atoms with Gasteiger partial charge in [-0.3, -0.25) is 8.98 Å². The van der Waals surface area contributed by atoms with Crippen molar-refractivity contribution in [3.8, 4) is 0 Å². The first-order valence-electron chi connectivity index (χ1n) is 9.42. The lowest BCUT2D eigenvalue weighted by molar-refractivity contribution is -0.161. The first kappa shape index (κ1) is 23.5. The van der Waals surface area contributed by atoms with Gasteiger partial charge in [-0.15, -0.1) is 0 Å². The van der Waals surface area contributed by atoms with Gasteiger partial charge in [0.1, 0.15) is 5.60 Å². The van der Waals surface area contributed by atoms with Crippen LogP contribution in [0.25, 0.3) is 0 Å². The molecule has 0 atom stereocenters. The summed E-state index contributed by atoms with van der Waals surface area (Å²) < 4.78 is 64.5. The number of hydrogen-bond acceptors (Lipinski definition) is 8. The Morgan fingerprint density at radius 1 is 1.11 bits per heavy atom. The Morgan fingerprint density at radius 3 is 2.11 bits per heavy atom. The van der Waals surface area contributed by atoms with Gasteiger partial charge in [0.2, 0.25) is 10.0 Å². The quantitative estimate of drug-likeness (QED) is 0.441. The Labute approximate surface area is 167 Å². The van der Waals surface area contributed by atoms with Crippen molar-refractivity contribution >= 4 is 26.1 Å². The van der Waals surface area contributed by atoms with Crippen molar-refractivity contribution in [1.82, 2.24) is 4.31 Å². The summed E-state index contributed by atoms with van der Waals surface area (Å²) >= 11 is 0. The van der Waals surface area contributed by atoms with Gasteiger partial charge in [-0.1, -0.05) is 0 Å². The van der Waals surface area contributed by atoms with Crippen LogP contribution in [-0.4, -0.2) is 76.6 Å². The predicted octanol–water partition coefficient (Wildman–Crippen LogP) is 0.895. The maximum absolute atomic E-state index is 13.5. The third kappa shape index (κ3) is 5.65. The van der Waals surface area contributed by atoms with Gasteiger partial charge in [0.15, 0.2) is 4.75 Å². The van der Waals surface area contributed by atoms with Crippen LogP contribution in [0.3, 0.4) is 0 Å². The zero-order valence-corrected chi connectivity index (χ0v) is 18.6. The first-order valence-corrected chi connectivity index (χ1v) is 12.7. The summed E-state index contributed by atoms with van der Waals surface area (Å²) in [6.45, 7) is 5.94. The van der Waals surface area contributed by atoms with Crippen LogP contribution in [0.1, 0.15) is 46.5 Å². The van der Waals surface area contributed by atoms with Crippen molar-refractivity contribution < 1.29 is 35.3 Å². The molecule has 9 nitrogen and oxygen atoms in total. The number of carbonyl (C=O) groups is 1. The number of sulfonamides is 1. The molecular weight excluding hydrogens is 410 g/mol. The third-order valence-electron chi connectivity index (χ3n) is 5.00. The van der Waals surface area contributed by atoms with Gasteiger partial charge in [0.25, 0.3) is 10.1 Å². The molecule has 0 N–H and O–H groups in total. The van der Waals surface area contributed by atoms with E-state index in [0.29, 0.717) is 12.8 Å². The average Bonchev–Trinajstić information content (AvgIpc) is 2.58.